The Balaban J connectivity index is 2.05. The number of benzene rings is 2. The Morgan fingerprint density at radius 2 is 1.74 bits per heavy atom. The maximum Gasteiger partial charge on any atom is 0.573 e. The first-order valence-electron chi connectivity index (χ1n) is 11.4. The molecule has 0 amide bonds. The molecule has 2 unspecified atom stereocenters. The first kappa shape index (κ1) is 27.4. The quantitative estimate of drug-likeness (QED) is 0.432. The number of ketones is 1. The summed E-state index contributed by atoms with van der Waals surface area (Å²) in [7, 11) is 1.12. The Labute approximate surface area is 221 Å². The predicted molar refractivity (Wildman–Crippen MR) is 130 cm³/mol. The lowest BCUT2D eigenvalue weighted by atomic mass is 9.64. The molecule has 4 rings (SSSR count). The Morgan fingerprint density at radius 3 is 2.29 bits per heavy atom. The van der Waals surface area contributed by atoms with E-state index < -0.39 is 46.9 Å². The van der Waals surface area contributed by atoms with E-state index >= 15 is 0 Å². The van der Waals surface area contributed by atoms with Crippen molar-refractivity contribution >= 4 is 23.4 Å². The number of methoxy groups -OCH3 is 1. The zero-order chi connectivity index (χ0) is 27.9. The van der Waals surface area contributed by atoms with Crippen molar-refractivity contribution in [2.45, 2.75) is 37.3 Å². The number of fused-ring (bicyclic) bond motifs is 1. The number of halogens is 4. The van der Waals surface area contributed by atoms with Crippen LogP contribution >= 0.6 is 11.6 Å². The van der Waals surface area contributed by atoms with E-state index in [-0.39, 0.29) is 16.5 Å². The average molecular weight is 550 g/mol. The monoisotopic (exact) mass is 549 g/mol. The molecule has 0 bridgehead atoms. The van der Waals surface area contributed by atoms with Crippen LogP contribution in [0.4, 0.5) is 13.2 Å². The van der Waals surface area contributed by atoms with Crippen molar-refractivity contribution < 1.29 is 42.1 Å². The van der Waals surface area contributed by atoms with Crippen molar-refractivity contribution in [1.82, 2.24) is 4.98 Å². The maximum atomic E-state index is 13.4. The van der Waals surface area contributed by atoms with Gasteiger partial charge in [-0.05, 0) is 37.1 Å². The number of aromatic nitrogens is 1. The lowest BCUT2D eigenvalue weighted by molar-refractivity contribution is -0.274. The van der Waals surface area contributed by atoms with Gasteiger partial charge in [0, 0.05) is 18.2 Å². The number of esters is 1. The van der Waals surface area contributed by atoms with Gasteiger partial charge in [0.2, 0.25) is 0 Å². The van der Waals surface area contributed by atoms with Crippen molar-refractivity contribution in [3.63, 3.8) is 0 Å². The number of pyridine rings is 1. The fraction of sp³-hybridized carbons (Fsp3) is 0.296. The third-order valence-electron chi connectivity index (χ3n) is 6.69. The fourth-order valence-electron chi connectivity index (χ4n) is 5.00. The molecule has 1 aromatic heterocycles. The second-order valence-corrected chi connectivity index (χ2v) is 9.43. The van der Waals surface area contributed by atoms with E-state index in [1.54, 1.807) is 37.3 Å². The highest BCUT2D eigenvalue weighted by atomic mass is 35.5. The first-order valence-corrected chi connectivity index (χ1v) is 11.8. The van der Waals surface area contributed by atoms with Crippen molar-refractivity contribution in [1.29, 1.82) is 0 Å². The minimum Gasteiger partial charge on any atom is -0.480 e. The highest BCUT2D eigenvalue weighted by Crippen LogP contribution is 2.55. The number of nitrogens with zero attached hydrogens (tertiary/aromatic N) is 1. The smallest absolute Gasteiger partial charge is 0.480 e. The minimum absolute atomic E-state index is 0.0827. The molecule has 200 valence electrons. The summed E-state index contributed by atoms with van der Waals surface area (Å²) in [5, 5.41) is 12.2. The number of aliphatic hydroxyl groups is 1. The molecule has 38 heavy (non-hydrogen) atoms. The highest BCUT2D eigenvalue weighted by Gasteiger charge is 2.62. The normalized spacial score (nSPS) is 24.9. The van der Waals surface area contributed by atoms with Gasteiger partial charge in [-0.3, -0.25) is 14.6 Å². The molecular formula is C27H23ClF3NO6. The molecule has 1 N–H and O–H groups in total. The van der Waals surface area contributed by atoms with Crippen LogP contribution in [-0.2, 0) is 25.5 Å². The Kier molecular flexibility index (Phi) is 7.15. The molecule has 1 aliphatic rings. The summed E-state index contributed by atoms with van der Waals surface area (Å²) in [6.07, 6.45) is -3.69. The average Bonchev–Trinajstić information content (AvgIpc) is 2.94. The summed E-state index contributed by atoms with van der Waals surface area (Å²) >= 11 is 6.18. The van der Waals surface area contributed by atoms with Crippen LogP contribution in [0, 0.1) is 5.92 Å². The Morgan fingerprint density at radius 1 is 1.11 bits per heavy atom. The maximum absolute atomic E-state index is 13.4. The molecule has 0 saturated carbocycles. The third-order valence-corrected chi connectivity index (χ3v) is 6.90. The van der Waals surface area contributed by atoms with Crippen LogP contribution < -0.4 is 9.47 Å². The summed E-state index contributed by atoms with van der Waals surface area (Å²) in [6, 6.07) is 14.7. The zero-order valence-corrected chi connectivity index (χ0v) is 21.2. The van der Waals surface area contributed by atoms with E-state index in [4.69, 9.17) is 21.1 Å². The van der Waals surface area contributed by atoms with Gasteiger partial charge in [0.15, 0.2) is 11.4 Å². The highest BCUT2D eigenvalue weighted by molar-refractivity contribution is 6.30. The SMILES string of the molecule is COC(=O)C1C(c2ccccc2)[C@](C)(c2ccc(OC(F)(F)F)cc2)Oc2cc(Cl)cnc2[C@@]1(O)C(C)=O. The molecule has 0 radical (unpaired) electrons. The van der Waals surface area contributed by atoms with Gasteiger partial charge in [0.25, 0.3) is 0 Å². The number of carbonyl (C=O) groups excluding carboxylic acids is 2. The van der Waals surface area contributed by atoms with Crippen LogP contribution in [0.1, 0.15) is 36.6 Å². The Bertz CT molecular complexity index is 1350. The summed E-state index contributed by atoms with van der Waals surface area (Å²) < 4.78 is 53.9. The van der Waals surface area contributed by atoms with Crippen molar-refractivity contribution in [2.24, 2.45) is 5.92 Å². The van der Waals surface area contributed by atoms with Gasteiger partial charge < -0.3 is 19.3 Å². The molecule has 7 nitrogen and oxygen atoms in total. The van der Waals surface area contributed by atoms with E-state index in [1.807, 2.05) is 0 Å². The molecule has 2 heterocycles. The zero-order valence-electron chi connectivity index (χ0n) is 20.5. The van der Waals surface area contributed by atoms with Gasteiger partial charge >= 0.3 is 12.3 Å². The minimum atomic E-state index is -4.90. The van der Waals surface area contributed by atoms with Gasteiger partial charge in [-0.15, -0.1) is 13.2 Å². The number of alkyl halides is 3. The topological polar surface area (TPSA) is 95.0 Å². The lowest BCUT2D eigenvalue weighted by Crippen LogP contribution is -2.52. The molecule has 3 aromatic rings. The van der Waals surface area contributed by atoms with Crippen LogP contribution in [0.15, 0.2) is 66.9 Å². The molecule has 11 heteroatoms. The summed E-state index contributed by atoms with van der Waals surface area (Å²) in [5.41, 5.74) is -3.53. The standard InChI is InChI=1S/C27H23ClF3NO6/c1-15(33)26(35)22(24(34)36-3)21(16-7-5-4-6-8-16)25(2,38-20-13-18(28)14-32-23(20)26)17-9-11-19(12-10-17)37-27(29,30)31/h4-14,21-22,35H,1-3H3/t21?,22?,25-,26+/m0/s1. The van der Waals surface area contributed by atoms with Crippen molar-refractivity contribution in [3.05, 3.63) is 88.7 Å². The van der Waals surface area contributed by atoms with Crippen molar-refractivity contribution in [3.8, 4) is 11.5 Å². The number of ether oxygens (including phenoxy) is 3. The van der Waals surface area contributed by atoms with E-state index in [9.17, 15) is 27.9 Å². The number of hydrogen-bond acceptors (Lipinski definition) is 7. The van der Waals surface area contributed by atoms with Crippen LogP contribution in [0.25, 0.3) is 0 Å². The van der Waals surface area contributed by atoms with Gasteiger partial charge in [0.1, 0.15) is 28.7 Å². The molecular weight excluding hydrogens is 527 g/mol. The number of Topliss-reactive ketones (excluding diaryl/α,β-unsaturated/α-hetero) is 1. The Hall–Kier alpha value is -3.63. The molecule has 4 atom stereocenters. The lowest BCUT2D eigenvalue weighted by Gasteiger charge is -2.42. The van der Waals surface area contributed by atoms with Crippen LogP contribution in [-0.4, -0.2) is 35.3 Å². The van der Waals surface area contributed by atoms with E-state index in [2.05, 4.69) is 9.72 Å². The van der Waals surface area contributed by atoms with Crippen molar-refractivity contribution in [2.75, 3.05) is 7.11 Å². The van der Waals surface area contributed by atoms with Crippen LogP contribution in [0.3, 0.4) is 0 Å². The predicted octanol–water partition coefficient (Wildman–Crippen LogP) is 5.29. The molecule has 0 fully saturated rings. The second kappa shape index (κ2) is 9.92. The number of carbonyl (C=O) groups is 2. The molecule has 1 aliphatic heterocycles. The fourth-order valence-corrected chi connectivity index (χ4v) is 5.15. The largest absolute Gasteiger partial charge is 0.573 e. The van der Waals surface area contributed by atoms with Gasteiger partial charge in [-0.1, -0.05) is 54.1 Å². The van der Waals surface area contributed by atoms with E-state index in [0.29, 0.717) is 11.1 Å². The van der Waals surface area contributed by atoms with Gasteiger partial charge in [0.05, 0.1) is 12.1 Å². The molecule has 0 spiro atoms. The molecule has 2 aromatic carbocycles. The molecule has 0 saturated heterocycles. The molecule has 0 aliphatic carbocycles. The van der Waals surface area contributed by atoms with Crippen LogP contribution in [0.5, 0.6) is 11.5 Å². The summed E-state index contributed by atoms with van der Waals surface area (Å²) in [5.74, 6) is -4.96. The summed E-state index contributed by atoms with van der Waals surface area (Å²) in [4.78, 5) is 30.8. The van der Waals surface area contributed by atoms with Gasteiger partial charge in [-0.2, -0.15) is 0 Å². The van der Waals surface area contributed by atoms with Gasteiger partial charge in [-0.25, -0.2) is 0 Å². The second-order valence-electron chi connectivity index (χ2n) is 8.99. The summed E-state index contributed by atoms with van der Waals surface area (Å²) in [6.45, 7) is 2.71. The number of rotatable bonds is 5. The number of hydrogen-bond donors (Lipinski definition) is 1. The third kappa shape index (κ3) is 4.81. The first-order chi connectivity index (χ1) is 17.8. The van der Waals surface area contributed by atoms with Crippen LogP contribution in [0.2, 0.25) is 5.02 Å². The van der Waals surface area contributed by atoms with E-state index in [1.165, 1.54) is 24.4 Å². The van der Waals surface area contributed by atoms with E-state index in [0.717, 1.165) is 26.2 Å².